The summed E-state index contributed by atoms with van der Waals surface area (Å²) in [5.41, 5.74) is 0.557. The van der Waals surface area contributed by atoms with E-state index in [0.717, 1.165) is 0 Å². The highest BCUT2D eigenvalue weighted by Gasteiger charge is 2.11. The van der Waals surface area contributed by atoms with Crippen molar-refractivity contribution in [3.05, 3.63) is 46.0 Å². The van der Waals surface area contributed by atoms with Crippen LogP contribution in [0.1, 0.15) is 0 Å². The number of hydrogen-bond acceptors (Lipinski definition) is 3. The highest BCUT2D eigenvalue weighted by atomic mass is 35.5. The Balaban J connectivity index is 2.94. The maximum atomic E-state index is 10.5. The van der Waals surface area contributed by atoms with Gasteiger partial charge in [0.05, 0.1) is 4.92 Å². The minimum Gasteiger partial charge on any atom is -0.381 e. The molecule has 0 fully saturated rings. The zero-order valence-electron chi connectivity index (χ0n) is 7.37. The van der Waals surface area contributed by atoms with Crippen molar-refractivity contribution < 1.29 is 4.92 Å². The zero-order chi connectivity index (χ0) is 10.6. The molecule has 74 valence electrons. The second-order valence-corrected chi connectivity index (χ2v) is 3.00. The number of nitrogens with one attached hydrogen (secondary N) is 1. The Labute approximate surface area is 86.3 Å². The first-order chi connectivity index (χ1) is 6.65. The van der Waals surface area contributed by atoms with Crippen molar-refractivity contribution in [3.63, 3.8) is 0 Å². The molecular weight excluding hydrogens is 204 g/mol. The third kappa shape index (κ3) is 2.47. The molecule has 0 aliphatic heterocycles. The maximum Gasteiger partial charge on any atom is 0.289 e. The molecule has 0 saturated carbocycles. The van der Waals surface area contributed by atoms with Gasteiger partial charge in [-0.25, -0.2) is 0 Å². The minimum atomic E-state index is -0.512. The van der Waals surface area contributed by atoms with Gasteiger partial charge < -0.3 is 5.32 Å². The summed E-state index contributed by atoms with van der Waals surface area (Å²) in [6.45, 7) is 4.08. The average molecular weight is 213 g/mol. The normalized spacial score (nSPS) is 9.50. The third-order valence-corrected chi connectivity index (χ3v) is 1.91. The second-order valence-electron chi connectivity index (χ2n) is 2.59. The summed E-state index contributed by atoms with van der Waals surface area (Å²) in [4.78, 5) is 10.0. The first-order valence-corrected chi connectivity index (χ1v) is 4.31. The molecule has 0 aliphatic carbocycles. The molecule has 0 spiro atoms. The van der Waals surface area contributed by atoms with Gasteiger partial charge in [0, 0.05) is 18.3 Å². The van der Waals surface area contributed by atoms with E-state index in [0.29, 0.717) is 12.2 Å². The molecule has 0 heterocycles. The molecule has 1 rings (SSSR count). The lowest BCUT2D eigenvalue weighted by Crippen LogP contribution is -1.98. The van der Waals surface area contributed by atoms with Crippen LogP contribution in [0.15, 0.2) is 30.9 Å². The van der Waals surface area contributed by atoms with Crippen LogP contribution in [0.4, 0.5) is 11.4 Å². The Morgan fingerprint density at radius 3 is 2.93 bits per heavy atom. The van der Waals surface area contributed by atoms with E-state index in [1.807, 2.05) is 0 Å². The van der Waals surface area contributed by atoms with Gasteiger partial charge in [-0.15, -0.1) is 6.58 Å². The Bertz CT molecular complexity index is 366. The summed E-state index contributed by atoms with van der Waals surface area (Å²) in [6, 6.07) is 4.57. The van der Waals surface area contributed by atoms with Crippen LogP contribution in [-0.2, 0) is 0 Å². The molecule has 5 heteroatoms. The van der Waals surface area contributed by atoms with E-state index in [4.69, 9.17) is 11.6 Å². The lowest BCUT2D eigenvalue weighted by molar-refractivity contribution is -0.384. The number of rotatable bonds is 4. The quantitative estimate of drug-likeness (QED) is 0.474. The lowest BCUT2D eigenvalue weighted by Gasteiger charge is -2.03. The van der Waals surface area contributed by atoms with Gasteiger partial charge in [-0.1, -0.05) is 17.7 Å². The van der Waals surface area contributed by atoms with Crippen LogP contribution in [0.25, 0.3) is 0 Å². The molecule has 0 unspecified atom stereocenters. The predicted octanol–water partition coefficient (Wildman–Crippen LogP) is 2.85. The Morgan fingerprint density at radius 1 is 1.64 bits per heavy atom. The number of hydrogen-bond donors (Lipinski definition) is 1. The summed E-state index contributed by atoms with van der Waals surface area (Å²) in [6.07, 6.45) is 1.67. The fourth-order valence-corrected chi connectivity index (χ4v) is 1.14. The van der Waals surface area contributed by atoms with Gasteiger partial charge >= 0.3 is 0 Å². The van der Waals surface area contributed by atoms with Crippen LogP contribution in [-0.4, -0.2) is 11.5 Å². The summed E-state index contributed by atoms with van der Waals surface area (Å²) < 4.78 is 0. The Morgan fingerprint density at radius 2 is 2.36 bits per heavy atom. The van der Waals surface area contributed by atoms with Gasteiger partial charge in [0.1, 0.15) is 5.02 Å². The van der Waals surface area contributed by atoms with Gasteiger partial charge in [-0.05, 0) is 12.1 Å². The lowest BCUT2D eigenvalue weighted by atomic mass is 10.3. The van der Waals surface area contributed by atoms with Crippen molar-refractivity contribution in [1.82, 2.24) is 0 Å². The molecule has 0 amide bonds. The number of nitro benzene ring substituents is 1. The maximum absolute atomic E-state index is 10.5. The third-order valence-electron chi connectivity index (χ3n) is 1.59. The van der Waals surface area contributed by atoms with Gasteiger partial charge in [0.25, 0.3) is 5.69 Å². The molecule has 0 radical (unpaired) electrons. The largest absolute Gasteiger partial charge is 0.381 e. The van der Waals surface area contributed by atoms with E-state index in [9.17, 15) is 10.1 Å². The van der Waals surface area contributed by atoms with E-state index < -0.39 is 4.92 Å². The number of benzene rings is 1. The van der Waals surface area contributed by atoms with Crippen molar-refractivity contribution in [2.75, 3.05) is 11.9 Å². The highest BCUT2D eigenvalue weighted by molar-refractivity contribution is 6.32. The van der Waals surface area contributed by atoms with Crippen LogP contribution >= 0.6 is 11.6 Å². The smallest absolute Gasteiger partial charge is 0.289 e. The molecule has 0 bridgehead atoms. The van der Waals surface area contributed by atoms with Gasteiger partial charge in [-0.2, -0.15) is 0 Å². The molecule has 14 heavy (non-hydrogen) atoms. The fraction of sp³-hybridized carbons (Fsp3) is 0.111. The molecular formula is C9H9ClN2O2. The average Bonchev–Trinajstić information content (AvgIpc) is 2.16. The standard InChI is InChI=1S/C9H9ClN2O2/c1-2-5-11-7-3-4-8(10)9(6-7)12(13)14/h2-4,6,11H,1,5H2. The zero-order valence-corrected chi connectivity index (χ0v) is 8.12. The summed E-state index contributed by atoms with van der Waals surface area (Å²) in [7, 11) is 0. The van der Waals surface area contributed by atoms with E-state index in [-0.39, 0.29) is 10.7 Å². The van der Waals surface area contributed by atoms with Crippen molar-refractivity contribution in [1.29, 1.82) is 0 Å². The second kappa shape index (κ2) is 4.62. The molecule has 4 nitrogen and oxygen atoms in total. The van der Waals surface area contributed by atoms with Crippen molar-refractivity contribution in [2.45, 2.75) is 0 Å². The minimum absolute atomic E-state index is 0.0965. The molecule has 1 aromatic carbocycles. The molecule has 0 atom stereocenters. The van der Waals surface area contributed by atoms with E-state index in [1.54, 1.807) is 12.1 Å². The molecule has 1 aromatic rings. The van der Waals surface area contributed by atoms with Crippen LogP contribution in [0.5, 0.6) is 0 Å². The SMILES string of the molecule is C=CCNc1ccc(Cl)c([N+](=O)[O-])c1. The first-order valence-electron chi connectivity index (χ1n) is 3.94. The number of halogens is 1. The number of nitro groups is 1. The van der Waals surface area contributed by atoms with E-state index in [1.165, 1.54) is 12.1 Å². The van der Waals surface area contributed by atoms with Crippen molar-refractivity contribution >= 4 is 23.0 Å². The molecule has 0 aromatic heterocycles. The van der Waals surface area contributed by atoms with Crippen LogP contribution in [0.2, 0.25) is 5.02 Å². The number of anilines is 1. The molecule has 1 N–H and O–H groups in total. The van der Waals surface area contributed by atoms with Crippen LogP contribution < -0.4 is 5.32 Å². The topological polar surface area (TPSA) is 55.2 Å². The predicted molar refractivity (Wildman–Crippen MR) is 56.8 cm³/mol. The van der Waals surface area contributed by atoms with Gasteiger partial charge in [-0.3, -0.25) is 10.1 Å². The molecule has 0 aliphatic rings. The van der Waals surface area contributed by atoms with Crippen LogP contribution in [0, 0.1) is 10.1 Å². The van der Waals surface area contributed by atoms with Gasteiger partial charge in [0.2, 0.25) is 0 Å². The van der Waals surface area contributed by atoms with Crippen LogP contribution in [0.3, 0.4) is 0 Å². The monoisotopic (exact) mass is 212 g/mol. The van der Waals surface area contributed by atoms with E-state index in [2.05, 4.69) is 11.9 Å². The summed E-state index contributed by atoms with van der Waals surface area (Å²) >= 11 is 5.64. The number of nitrogens with zero attached hydrogens (tertiary/aromatic N) is 1. The summed E-state index contributed by atoms with van der Waals surface area (Å²) in [5, 5.41) is 13.6. The Kier molecular flexibility index (Phi) is 3.48. The fourth-order valence-electron chi connectivity index (χ4n) is 0.953. The van der Waals surface area contributed by atoms with Gasteiger partial charge in [0.15, 0.2) is 0 Å². The van der Waals surface area contributed by atoms with E-state index >= 15 is 0 Å². The Hall–Kier alpha value is -1.55. The summed E-state index contributed by atoms with van der Waals surface area (Å²) in [5.74, 6) is 0. The van der Waals surface area contributed by atoms with Crippen molar-refractivity contribution in [3.8, 4) is 0 Å². The highest BCUT2D eigenvalue weighted by Crippen LogP contribution is 2.27. The first kappa shape index (κ1) is 10.5. The van der Waals surface area contributed by atoms with Crippen molar-refractivity contribution in [2.24, 2.45) is 0 Å². The molecule has 0 saturated heterocycles.